The molecule has 2 aliphatic rings. The average molecular weight is 397 g/mol. The van der Waals surface area contributed by atoms with Crippen molar-refractivity contribution in [2.75, 3.05) is 38.7 Å². The van der Waals surface area contributed by atoms with E-state index >= 15 is 0 Å². The molecule has 0 saturated carbocycles. The van der Waals surface area contributed by atoms with E-state index in [0.717, 1.165) is 5.56 Å². The quantitative estimate of drug-likeness (QED) is 0.832. The summed E-state index contributed by atoms with van der Waals surface area (Å²) in [5.41, 5.74) is 2.96. The third-order valence-electron chi connectivity index (χ3n) is 4.75. The number of urea groups is 1. The number of nitrogens with one attached hydrogen (secondary N) is 2. The number of amides is 2. The molecule has 0 radical (unpaired) electrons. The first-order chi connectivity index (χ1) is 13.6. The largest absolute Gasteiger partial charge is 0.378 e. The summed E-state index contributed by atoms with van der Waals surface area (Å²) in [7, 11) is 1.54. The van der Waals surface area contributed by atoms with Gasteiger partial charge in [-0.15, -0.1) is 11.3 Å². The topological polar surface area (TPSA) is 87.7 Å². The normalized spacial score (nSPS) is 16.5. The van der Waals surface area contributed by atoms with Crippen LogP contribution >= 0.6 is 11.3 Å². The molecule has 28 heavy (non-hydrogen) atoms. The van der Waals surface area contributed by atoms with Crippen molar-refractivity contribution in [3.63, 3.8) is 0 Å². The number of hydrogen-bond acceptors (Lipinski definition) is 6. The molecule has 2 heterocycles. The second-order valence-corrected chi connectivity index (χ2v) is 7.34. The van der Waals surface area contributed by atoms with Gasteiger partial charge in [-0.2, -0.15) is 0 Å². The number of ketones is 2. The van der Waals surface area contributed by atoms with Gasteiger partial charge in [0.15, 0.2) is 5.78 Å². The molecule has 1 fully saturated rings. The summed E-state index contributed by atoms with van der Waals surface area (Å²) < 4.78 is 5.35. The van der Waals surface area contributed by atoms with Crippen LogP contribution in [0.3, 0.4) is 0 Å². The Hall–Kier alpha value is -2.97. The van der Waals surface area contributed by atoms with Crippen molar-refractivity contribution >= 4 is 34.6 Å². The van der Waals surface area contributed by atoms with Gasteiger partial charge in [0, 0.05) is 42.8 Å². The highest BCUT2D eigenvalue weighted by Gasteiger charge is 2.33. The van der Waals surface area contributed by atoms with E-state index in [2.05, 4.69) is 10.6 Å². The first-order valence-electron chi connectivity index (χ1n) is 8.92. The second-order valence-electron chi connectivity index (χ2n) is 6.46. The number of allylic oxidation sites excluding steroid dienone is 2. The SMILES string of the molecule is CNC(=O)Nc1cccc(-c2csc3c2C(=O)C(N2CCOCC2)=CC3=O)c1. The Labute approximate surface area is 166 Å². The minimum atomic E-state index is -0.326. The Morgan fingerprint density at radius 2 is 2.00 bits per heavy atom. The summed E-state index contributed by atoms with van der Waals surface area (Å²) >= 11 is 1.27. The van der Waals surface area contributed by atoms with Crippen LogP contribution in [-0.4, -0.2) is 55.8 Å². The molecule has 2 amide bonds. The number of nitrogens with zero attached hydrogens (tertiary/aromatic N) is 1. The highest BCUT2D eigenvalue weighted by atomic mass is 32.1. The zero-order chi connectivity index (χ0) is 19.7. The summed E-state index contributed by atoms with van der Waals surface area (Å²) in [5.74, 6) is -0.288. The van der Waals surface area contributed by atoms with E-state index < -0.39 is 0 Å². The molecule has 144 valence electrons. The number of hydrogen-bond donors (Lipinski definition) is 2. The first-order valence-corrected chi connectivity index (χ1v) is 9.80. The lowest BCUT2D eigenvalue weighted by Gasteiger charge is -2.31. The Balaban J connectivity index is 1.71. The molecular weight excluding hydrogens is 378 g/mol. The van der Waals surface area contributed by atoms with Crippen molar-refractivity contribution < 1.29 is 19.1 Å². The van der Waals surface area contributed by atoms with Crippen LogP contribution in [0, 0.1) is 0 Å². The number of morpholine rings is 1. The van der Waals surface area contributed by atoms with E-state index in [1.807, 2.05) is 16.3 Å². The summed E-state index contributed by atoms with van der Waals surface area (Å²) in [6.45, 7) is 2.25. The van der Waals surface area contributed by atoms with Crippen molar-refractivity contribution in [1.29, 1.82) is 0 Å². The van der Waals surface area contributed by atoms with Crippen molar-refractivity contribution in [3.05, 3.63) is 51.9 Å². The van der Waals surface area contributed by atoms with E-state index in [-0.39, 0.29) is 17.6 Å². The van der Waals surface area contributed by atoms with Crippen LogP contribution in [0.15, 0.2) is 41.4 Å². The van der Waals surface area contributed by atoms with E-state index in [4.69, 9.17) is 4.74 Å². The average Bonchev–Trinajstić information content (AvgIpc) is 3.17. The van der Waals surface area contributed by atoms with E-state index in [1.165, 1.54) is 24.5 Å². The van der Waals surface area contributed by atoms with Gasteiger partial charge in [-0.1, -0.05) is 12.1 Å². The molecule has 0 unspecified atom stereocenters. The van der Waals surface area contributed by atoms with Gasteiger partial charge in [-0.05, 0) is 17.7 Å². The highest BCUT2D eigenvalue weighted by Crippen LogP contribution is 2.37. The lowest BCUT2D eigenvalue weighted by molar-refractivity contribution is 0.0501. The second kappa shape index (κ2) is 7.57. The number of fused-ring (bicyclic) bond motifs is 1. The van der Waals surface area contributed by atoms with Gasteiger partial charge in [0.05, 0.1) is 29.4 Å². The maximum absolute atomic E-state index is 13.2. The number of Topliss-reactive ketones (excluding diaryl/α,β-unsaturated/α-hetero) is 1. The summed E-state index contributed by atoms with van der Waals surface area (Å²) in [5, 5.41) is 7.05. The molecule has 8 heteroatoms. The Morgan fingerprint density at radius 1 is 1.21 bits per heavy atom. The van der Waals surface area contributed by atoms with Crippen molar-refractivity contribution in [3.8, 4) is 11.1 Å². The van der Waals surface area contributed by atoms with Crippen LogP contribution in [0.4, 0.5) is 10.5 Å². The smallest absolute Gasteiger partial charge is 0.318 e. The van der Waals surface area contributed by atoms with Crippen LogP contribution in [-0.2, 0) is 4.74 Å². The Bertz CT molecular complexity index is 989. The fourth-order valence-electron chi connectivity index (χ4n) is 3.36. The monoisotopic (exact) mass is 397 g/mol. The molecule has 7 nitrogen and oxygen atoms in total. The van der Waals surface area contributed by atoms with E-state index in [9.17, 15) is 14.4 Å². The van der Waals surface area contributed by atoms with Crippen LogP contribution in [0.5, 0.6) is 0 Å². The first kappa shape index (κ1) is 18.4. The molecule has 0 atom stereocenters. The summed E-state index contributed by atoms with van der Waals surface area (Å²) in [4.78, 5) is 39.8. The van der Waals surface area contributed by atoms with E-state index in [0.29, 0.717) is 53.7 Å². The molecule has 1 aliphatic heterocycles. The predicted octanol–water partition coefficient (Wildman–Crippen LogP) is 2.76. The molecule has 4 rings (SSSR count). The zero-order valence-electron chi connectivity index (χ0n) is 15.3. The van der Waals surface area contributed by atoms with Gasteiger partial charge in [-0.3, -0.25) is 9.59 Å². The molecule has 1 aliphatic carbocycles. The van der Waals surface area contributed by atoms with E-state index in [1.54, 1.807) is 18.2 Å². The third kappa shape index (κ3) is 3.32. The minimum absolute atomic E-state index is 0.141. The van der Waals surface area contributed by atoms with Gasteiger partial charge in [0.25, 0.3) is 0 Å². The molecule has 0 spiro atoms. The van der Waals surface area contributed by atoms with Gasteiger partial charge in [-0.25, -0.2) is 4.79 Å². The molecule has 1 aromatic heterocycles. The van der Waals surface area contributed by atoms with Gasteiger partial charge >= 0.3 is 6.03 Å². The molecule has 1 aromatic carbocycles. The fourth-order valence-corrected chi connectivity index (χ4v) is 4.34. The molecule has 0 bridgehead atoms. The Kier molecular flexibility index (Phi) is 4.97. The summed E-state index contributed by atoms with van der Waals surface area (Å²) in [6, 6.07) is 6.90. The third-order valence-corrected chi connectivity index (χ3v) is 5.75. The van der Waals surface area contributed by atoms with Crippen molar-refractivity contribution in [1.82, 2.24) is 10.2 Å². The molecule has 2 aromatic rings. The number of ether oxygens (including phenoxy) is 1. The number of carbonyl (C=O) groups is 3. The van der Waals surface area contributed by atoms with Crippen molar-refractivity contribution in [2.24, 2.45) is 0 Å². The Morgan fingerprint density at radius 3 is 2.75 bits per heavy atom. The van der Waals surface area contributed by atoms with Gasteiger partial charge < -0.3 is 20.3 Å². The predicted molar refractivity (Wildman–Crippen MR) is 107 cm³/mol. The van der Waals surface area contributed by atoms with Crippen LogP contribution < -0.4 is 10.6 Å². The maximum Gasteiger partial charge on any atom is 0.318 e. The number of rotatable bonds is 3. The molecular formula is C20H19N3O4S. The number of benzene rings is 1. The van der Waals surface area contributed by atoms with Gasteiger partial charge in [0.2, 0.25) is 5.78 Å². The van der Waals surface area contributed by atoms with Crippen LogP contribution in [0.1, 0.15) is 20.0 Å². The number of carbonyl (C=O) groups excluding carboxylic acids is 3. The molecule has 2 N–H and O–H groups in total. The maximum atomic E-state index is 13.2. The lowest BCUT2D eigenvalue weighted by Crippen LogP contribution is -2.39. The zero-order valence-corrected chi connectivity index (χ0v) is 16.1. The van der Waals surface area contributed by atoms with Crippen LogP contribution in [0.2, 0.25) is 0 Å². The number of thiophene rings is 1. The standard InChI is InChI=1S/C20H19N3O4S/c1-21-20(26)22-13-4-2-3-12(9-13)14-11-28-19-16(24)10-15(18(25)17(14)19)23-5-7-27-8-6-23/h2-4,9-11H,5-8H2,1H3,(H2,21,22,26). The minimum Gasteiger partial charge on any atom is -0.378 e. The number of anilines is 1. The van der Waals surface area contributed by atoms with Crippen LogP contribution in [0.25, 0.3) is 11.1 Å². The molecule has 1 saturated heterocycles. The highest BCUT2D eigenvalue weighted by molar-refractivity contribution is 7.13. The lowest BCUT2D eigenvalue weighted by atomic mass is 9.92. The van der Waals surface area contributed by atoms with Crippen molar-refractivity contribution in [2.45, 2.75) is 0 Å². The fraction of sp³-hybridized carbons (Fsp3) is 0.250. The summed E-state index contributed by atoms with van der Waals surface area (Å²) in [6.07, 6.45) is 1.44. The van der Waals surface area contributed by atoms with Gasteiger partial charge in [0.1, 0.15) is 0 Å².